The number of hydrogen-bond donors (Lipinski definition) is 1. The Morgan fingerprint density at radius 3 is 2.62 bits per heavy atom. The smallest absolute Gasteiger partial charge is 0.318 e. The van der Waals surface area contributed by atoms with Crippen LogP contribution >= 0.6 is 0 Å². The van der Waals surface area contributed by atoms with Crippen molar-refractivity contribution < 1.29 is 9.18 Å². The molecule has 1 aromatic carbocycles. The Morgan fingerprint density at radius 2 is 2.00 bits per heavy atom. The van der Waals surface area contributed by atoms with E-state index in [4.69, 9.17) is 0 Å². The van der Waals surface area contributed by atoms with Crippen LogP contribution < -0.4 is 5.32 Å². The van der Waals surface area contributed by atoms with Crippen molar-refractivity contribution in [2.45, 2.75) is 44.8 Å². The third kappa shape index (κ3) is 3.72. The molecule has 0 spiro atoms. The summed E-state index contributed by atoms with van der Waals surface area (Å²) in [5, 5.41) is 3.02. The Kier molecular flexibility index (Phi) is 5.08. The molecule has 1 fully saturated rings. The Morgan fingerprint density at radius 1 is 1.29 bits per heavy atom. The van der Waals surface area contributed by atoms with Gasteiger partial charge in [-0.05, 0) is 49.9 Å². The van der Waals surface area contributed by atoms with E-state index in [1.165, 1.54) is 6.07 Å². The van der Waals surface area contributed by atoms with Crippen LogP contribution in [0.4, 0.5) is 9.18 Å². The van der Waals surface area contributed by atoms with E-state index in [1.54, 1.807) is 35.5 Å². The SMILES string of the molecule is CC(NC(=O)N(Cc1ccccc1F)C1CCC1)c1ccncc1. The van der Waals surface area contributed by atoms with Gasteiger partial charge in [0, 0.05) is 24.0 Å². The third-order valence-electron chi connectivity index (χ3n) is 4.62. The molecule has 1 aromatic heterocycles. The van der Waals surface area contributed by atoms with E-state index in [0.29, 0.717) is 12.1 Å². The van der Waals surface area contributed by atoms with Gasteiger partial charge in [-0.3, -0.25) is 4.98 Å². The van der Waals surface area contributed by atoms with Crippen LogP contribution in [0.2, 0.25) is 0 Å². The molecule has 1 saturated carbocycles. The Balaban J connectivity index is 1.71. The van der Waals surface area contributed by atoms with Crippen LogP contribution in [0.1, 0.15) is 43.4 Å². The van der Waals surface area contributed by atoms with Crippen LogP contribution in [0.3, 0.4) is 0 Å². The molecular weight excluding hydrogens is 305 g/mol. The first-order valence-corrected chi connectivity index (χ1v) is 8.35. The zero-order valence-corrected chi connectivity index (χ0v) is 13.8. The highest BCUT2D eigenvalue weighted by atomic mass is 19.1. The van der Waals surface area contributed by atoms with Crippen molar-refractivity contribution in [1.82, 2.24) is 15.2 Å². The lowest BCUT2D eigenvalue weighted by Gasteiger charge is -2.38. The first-order valence-electron chi connectivity index (χ1n) is 8.35. The molecule has 1 heterocycles. The van der Waals surface area contributed by atoms with Crippen LogP contribution in [0, 0.1) is 5.82 Å². The summed E-state index contributed by atoms with van der Waals surface area (Å²) in [5.41, 5.74) is 1.55. The van der Waals surface area contributed by atoms with Crippen molar-refractivity contribution in [3.63, 3.8) is 0 Å². The number of hydrogen-bond acceptors (Lipinski definition) is 2. The maximum absolute atomic E-state index is 14.0. The Labute approximate surface area is 141 Å². The topological polar surface area (TPSA) is 45.2 Å². The molecule has 2 aromatic rings. The van der Waals surface area contributed by atoms with Gasteiger partial charge in [-0.25, -0.2) is 9.18 Å². The minimum absolute atomic E-state index is 0.122. The summed E-state index contributed by atoms with van der Waals surface area (Å²) < 4.78 is 14.0. The first-order chi connectivity index (χ1) is 11.6. The summed E-state index contributed by atoms with van der Waals surface area (Å²) in [6.07, 6.45) is 6.49. The number of carbonyl (C=O) groups excluding carboxylic acids is 1. The van der Waals surface area contributed by atoms with Crippen molar-refractivity contribution in [2.24, 2.45) is 0 Å². The van der Waals surface area contributed by atoms with Gasteiger partial charge in [0.05, 0.1) is 12.6 Å². The van der Waals surface area contributed by atoms with Gasteiger partial charge in [-0.2, -0.15) is 0 Å². The molecule has 2 amide bonds. The van der Waals surface area contributed by atoms with Gasteiger partial charge in [0.25, 0.3) is 0 Å². The molecule has 1 N–H and O–H groups in total. The van der Waals surface area contributed by atoms with E-state index in [0.717, 1.165) is 24.8 Å². The number of carbonyl (C=O) groups is 1. The standard InChI is InChI=1S/C19H22FN3O/c1-14(15-9-11-21-12-10-15)22-19(24)23(17-6-4-7-17)13-16-5-2-3-8-18(16)20/h2-3,5,8-12,14,17H,4,6-7,13H2,1H3,(H,22,24). The molecule has 0 radical (unpaired) electrons. The van der Waals surface area contributed by atoms with E-state index in [2.05, 4.69) is 10.3 Å². The predicted molar refractivity (Wildman–Crippen MR) is 90.8 cm³/mol. The Hall–Kier alpha value is -2.43. The van der Waals surface area contributed by atoms with Crippen LogP contribution in [-0.4, -0.2) is 22.0 Å². The summed E-state index contributed by atoms with van der Waals surface area (Å²) in [7, 11) is 0. The van der Waals surface area contributed by atoms with Crippen molar-refractivity contribution in [3.05, 3.63) is 65.7 Å². The molecule has 1 unspecified atom stereocenters. The quantitative estimate of drug-likeness (QED) is 0.900. The molecule has 4 nitrogen and oxygen atoms in total. The van der Waals surface area contributed by atoms with Gasteiger partial charge < -0.3 is 10.2 Å². The first kappa shape index (κ1) is 16.4. The number of benzene rings is 1. The van der Waals surface area contributed by atoms with Crippen LogP contribution in [0.15, 0.2) is 48.8 Å². The molecule has 126 valence electrons. The molecule has 24 heavy (non-hydrogen) atoms. The van der Waals surface area contributed by atoms with Gasteiger partial charge in [0.1, 0.15) is 5.82 Å². The fourth-order valence-corrected chi connectivity index (χ4v) is 2.88. The largest absolute Gasteiger partial charge is 0.331 e. The fourth-order valence-electron chi connectivity index (χ4n) is 2.88. The second-order valence-electron chi connectivity index (χ2n) is 6.26. The predicted octanol–water partition coefficient (Wildman–Crippen LogP) is 4.05. The van der Waals surface area contributed by atoms with E-state index >= 15 is 0 Å². The number of aromatic nitrogens is 1. The minimum Gasteiger partial charge on any atom is -0.331 e. The number of rotatable bonds is 5. The average molecular weight is 327 g/mol. The molecule has 5 heteroatoms. The van der Waals surface area contributed by atoms with E-state index < -0.39 is 0 Å². The van der Waals surface area contributed by atoms with E-state index in [9.17, 15) is 9.18 Å². The molecule has 3 rings (SSSR count). The van der Waals surface area contributed by atoms with Gasteiger partial charge >= 0.3 is 6.03 Å². The zero-order chi connectivity index (χ0) is 16.9. The number of halogens is 1. The second-order valence-corrected chi connectivity index (χ2v) is 6.26. The van der Waals surface area contributed by atoms with Gasteiger partial charge in [0.15, 0.2) is 0 Å². The van der Waals surface area contributed by atoms with E-state index in [1.807, 2.05) is 19.1 Å². The van der Waals surface area contributed by atoms with Gasteiger partial charge in [-0.1, -0.05) is 18.2 Å². The second kappa shape index (κ2) is 7.43. The summed E-state index contributed by atoms with van der Waals surface area (Å²) in [6.45, 7) is 2.24. The monoisotopic (exact) mass is 327 g/mol. The fraction of sp³-hybridized carbons (Fsp3) is 0.368. The van der Waals surface area contributed by atoms with Gasteiger partial charge in [0.2, 0.25) is 0 Å². The van der Waals surface area contributed by atoms with Crippen LogP contribution in [0.5, 0.6) is 0 Å². The molecule has 0 bridgehead atoms. The summed E-state index contributed by atoms with van der Waals surface area (Å²) in [5.74, 6) is -0.267. The number of nitrogens with one attached hydrogen (secondary N) is 1. The van der Waals surface area contributed by atoms with Gasteiger partial charge in [-0.15, -0.1) is 0 Å². The summed E-state index contributed by atoms with van der Waals surface area (Å²) >= 11 is 0. The number of pyridine rings is 1. The third-order valence-corrected chi connectivity index (χ3v) is 4.62. The van der Waals surface area contributed by atoms with Crippen molar-refractivity contribution in [2.75, 3.05) is 0 Å². The lowest BCUT2D eigenvalue weighted by atomic mass is 9.91. The number of amides is 2. The lowest BCUT2D eigenvalue weighted by molar-refractivity contribution is 0.130. The highest BCUT2D eigenvalue weighted by Crippen LogP contribution is 2.27. The highest BCUT2D eigenvalue weighted by Gasteiger charge is 2.30. The normalized spacial score (nSPS) is 15.4. The molecule has 1 aliphatic carbocycles. The molecule has 0 aliphatic heterocycles. The summed E-state index contributed by atoms with van der Waals surface area (Å²) in [6, 6.07) is 10.3. The van der Waals surface area contributed by atoms with Crippen LogP contribution in [0.25, 0.3) is 0 Å². The minimum atomic E-state index is -0.267. The molecule has 1 aliphatic rings. The average Bonchev–Trinajstić information content (AvgIpc) is 2.55. The molecule has 0 saturated heterocycles. The molecule has 1 atom stereocenters. The highest BCUT2D eigenvalue weighted by molar-refractivity contribution is 5.75. The van der Waals surface area contributed by atoms with Crippen molar-refractivity contribution in [3.8, 4) is 0 Å². The zero-order valence-electron chi connectivity index (χ0n) is 13.8. The molecular formula is C19H22FN3O. The summed E-state index contributed by atoms with van der Waals surface area (Å²) in [4.78, 5) is 18.5. The number of nitrogens with zero attached hydrogens (tertiary/aromatic N) is 2. The van der Waals surface area contributed by atoms with E-state index in [-0.39, 0.29) is 23.9 Å². The van der Waals surface area contributed by atoms with Crippen molar-refractivity contribution in [1.29, 1.82) is 0 Å². The van der Waals surface area contributed by atoms with Crippen molar-refractivity contribution >= 4 is 6.03 Å². The van der Waals surface area contributed by atoms with Crippen LogP contribution in [-0.2, 0) is 6.54 Å². The Bertz CT molecular complexity index is 688. The maximum Gasteiger partial charge on any atom is 0.318 e. The lowest BCUT2D eigenvalue weighted by Crippen LogP contribution is -2.49. The number of urea groups is 1. The maximum atomic E-state index is 14.0.